The number of nitrogens with zero attached hydrogens (tertiary/aromatic N) is 2. The summed E-state index contributed by atoms with van der Waals surface area (Å²) >= 11 is 0. The molecule has 2 heteroatoms. The van der Waals surface area contributed by atoms with Crippen molar-refractivity contribution in [1.29, 1.82) is 0 Å². The summed E-state index contributed by atoms with van der Waals surface area (Å²) in [5, 5.41) is 4.96. The Morgan fingerprint density at radius 1 is 0.596 bits per heavy atom. The van der Waals surface area contributed by atoms with Crippen LogP contribution < -0.4 is 15.3 Å². The second-order valence-electron chi connectivity index (χ2n) is 11.9. The first kappa shape index (κ1) is 30.0. The highest BCUT2D eigenvalue weighted by Crippen LogP contribution is 2.37. The van der Waals surface area contributed by atoms with Gasteiger partial charge in [0.05, 0.1) is 11.7 Å². The van der Waals surface area contributed by atoms with Crippen LogP contribution in [0.3, 0.4) is 0 Å². The summed E-state index contributed by atoms with van der Waals surface area (Å²) in [5.41, 5.74) is 9.12. The largest absolute Gasteiger partial charge is 0.334 e. The molecule has 6 aromatic rings. The molecule has 0 saturated carbocycles. The Hall–Kier alpha value is -5.73. The number of aryl methyl sites for hydroxylation is 1. The van der Waals surface area contributed by atoms with E-state index >= 15 is 0 Å². The van der Waals surface area contributed by atoms with E-state index in [2.05, 4.69) is 193 Å². The van der Waals surface area contributed by atoms with Crippen LogP contribution in [-0.4, -0.2) is 12.8 Å². The molecule has 0 aromatic heterocycles. The lowest BCUT2D eigenvalue weighted by Crippen LogP contribution is -2.37. The topological polar surface area (TPSA) is 15.6 Å². The average Bonchev–Trinajstić information content (AvgIpc) is 3.14. The van der Waals surface area contributed by atoms with E-state index in [0.717, 1.165) is 29.7 Å². The van der Waals surface area contributed by atoms with Gasteiger partial charge in [-0.25, -0.2) is 0 Å². The summed E-state index contributed by atoms with van der Waals surface area (Å²) in [5.74, 6) is 0. The third-order valence-corrected chi connectivity index (χ3v) is 9.08. The third kappa shape index (κ3) is 6.23. The van der Waals surface area contributed by atoms with E-state index in [1.165, 1.54) is 49.3 Å². The first-order valence-corrected chi connectivity index (χ1v) is 16.4. The predicted molar refractivity (Wildman–Crippen MR) is 203 cm³/mol. The van der Waals surface area contributed by atoms with Crippen LogP contribution in [0.5, 0.6) is 0 Å². The maximum atomic E-state index is 4.35. The van der Waals surface area contributed by atoms with Crippen molar-refractivity contribution in [3.63, 3.8) is 0 Å². The first-order valence-electron chi connectivity index (χ1n) is 16.4. The number of aliphatic imine (C=N–C) groups is 1. The Morgan fingerprint density at radius 3 is 1.83 bits per heavy atom. The molecule has 0 fully saturated rings. The molecule has 0 saturated heterocycles. The zero-order valence-electron chi connectivity index (χ0n) is 26.8. The minimum atomic E-state index is 0.211. The third-order valence-electron chi connectivity index (χ3n) is 9.08. The highest BCUT2D eigenvalue weighted by atomic mass is 15.2. The summed E-state index contributed by atoms with van der Waals surface area (Å²) in [6.07, 6.45) is 6.64. The van der Waals surface area contributed by atoms with Gasteiger partial charge in [0, 0.05) is 11.4 Å². The molecular formula is C45H38N2. The van der Waals surface area contributed by atoms with Crippen LogP contribution in [0.2, 0.25) is 0 Å². The molecule has 0 N–H and O–H groups in total. The number of anilines is 2. The molecule has 228 valence electrons. The van der Waals surface area contributed by atoms with E-state index in [1.807, 2.05) is 0 Å². The summed E-state index contributed by atoms with van der Waals surface area (Å²) < 4.78 is 0. The van der Waals surface area contributed by atoms with Gasteiger partial charge in [0.2, 0.25) is 0 Å². The van der Waals surface area contributed by atoms with Crippen LogP contribution in [0.15, 0.2) is 163 Å². The summed E-state index contributed by atoms with van der Waals surface area (Å²) in [4.78, 5) is 6.81. The number of hydrogen-bond donors (Lipinski definition) is 0. The van der Waals surface area contributed by atoms with E-state index in [1.54, 1.807) is 0 Å². The quantitative estimate of drug-likeness (QED) is 0.165. The molecule has 0 spiro atoms. The highest BCUT2D eigenvalue weighted by molar-refractivity contribution is 6.03. The van der Waals surface area contributed by atoms with E-state index in [4.69, 9.17) is 0 Å². The molecule has 1 atom stereocenters. The lowest BCUT2D eigenvalue weighted by Gasteiger charge is -2.33. The molecule has 47 heavy (non-hydrogen) atoms. The summed E-state index contributed by atoms with van der Waals surface area (Å²) in [6.45, 7) is 6.01. The van der Waals surface area contributed by atoms with Gasteiger partial charge in [-0.15, -0.1) is 0 Å². The molecule has 7 rings (SSSR count). The van der Waals surface area contributed by atoms with Gasteiger partial charge in [0.25, 0.3) is 0 Å². The fourth-order valence-electron chi connectivity index (χ4n) is 6.72. The SMILES string of the molecule is C=Nc1cc(-c2ccccccc(-c3ccc(N(c4ccccc4)C4C=c5ccccc5=CC4)cc3)c3ccccc23)ccc1CC. The Labute approximate surface area is 277 Å². The van der Waals surface area contributed by atoms with Crippen LogP contribution in [0, 0.1) is 0 Å². The molecule has 2 nitrogen and oxygen atoms in total. The van der Waals surface area contributed by atoms with E-state index in [-0.39, 0.29) is 6.04 Å². The van der Waals surface area contributed by atoms with Gasteiger partial charge in [-0.1, -0.05) is 146 Å². The lowest BCUT2D eigenvalue weighted by molar-refractivity contribution is 0.837. The highest BCUT2D eigenvalue weighted by Gasteiger charge is 2.20. The number of hydrogen-bond acceptors (Lipinski definition) is 2. The molecule has 0 bridgehead atoms. The van der Waals surface area contributed by atoms with Crippen LogP contribution in [0.4, 0.5) is 17.1 Å². The first-order chi connectivity index (χ1) is 23.2. The van der Waals surface area contributed by atoms with Crippen molar-refractivity contribution in [2.24, 2.45) is 4.99 Å². The van der Waals surface area contributed by atoms with Gasteiger partial charge in [-0.05, 0) is 98.9 Å². The lowest BCUT2D eigenvalue weighted by atomic mass is 9.94. The molecule has 1 aliphatic rings. The van der Waals surface area contributed by atoms with Crippen LogP contribution in [0.1, 0.15) is 18.9 Å². The van der Waals surface area contributed by atoms with Crippen LogP contribution in [0.25, 0.3) is 45.2 Å². The minimum Gasteiger partial charge on any atom is -0.334 e. The minimum absolute atomic E-state index is 0.211. The van der Waals surface area contributed by atoms with E-state index < -0.39 is 0 Å². The van der Waals surface area contributed by atoms with Crippen LogP contribution in [-0.2, 0) is 6.42 Å². The Kier molecular flexibility index (Phi) is 8.75. The van der Waals surface area contributed by atoms with Crippen molar-refractivity contribution >= 4 is 46.7 Å². The summed E-state index contributed by atoms with van der Waals surface area (Å²) in [6, 6.07) is 56.8. The Bertz CT molecular complexity index is 2230. The molecule has 0 radical (unpaired) electrons. The smallest absolute Gasteiger partial charge is 0.0660 e. The second kappa shape index (κ2) is 13.7. The van der Waals surface area contributed by atoms with E-state index in [0.29, 0.717) is 0 Å². The second-order valence-corrected chi connectivity index (χ2v) is 11.9. The molecule has 0 heterocycles. The number of benzene rings is 5. The van der Waals surface area contributed by atoms with Crippen molar-refractivity contribution in [2.45, 2.75) is 25.8 Å². The van der Waals surface area contributed by atoms with Crippen molar-refractivity contribution in [1.82, 2.24) is 0 Å². The standard InChI is InChI=1S/C45H38N2/c1-3-33-23-24-37(32-45(33)46-2)42-20-10-5-4-9-19-41(43-21-13-14-22-44(42)43)35-26-28-39(29-27-35)47(38-17-7-6-8-18-38)40-30-25-34-15-11-12-16-36(34)31-40/h4-29,31-32,40H,2-3,30H2,1H3. The maximum Gasteiger partial charge on any atom is 0.0660 e. The fourth-order valence-corrected chi connectivity index (χ4v) is 6.72. The van der Waals surface area contributed by atoms with Gasteiger partial charge in [-0.3, -0.25) is 4.99 Å². The Balaban J connectivity index is 1.36. The normalized spacial score (nSPS) is 13.4. The van der Waals surface area contributed by atoms with Crippen molar-refractivity contribution in [3.8, 4) is 22.3 Å². The monoisotopic (exact) mass is 606 g/mol. The fraction of sp³-hybridized carbons (Fsp3) is 0.0889. The summed E-state index contributed by atoms with van der Waals surface area (Å²) in [7, 11) is 0. The number of fused-ring (bicyclic) bond motifs is 2. The van der Waals surface area contributed by atoms with E-state index in [9.17, 15) is 0 Å². The zero-order valence-corrected chi connectivity index (χ0v) is 26.8. The van der Waals surface area contributed by atoms with Crippen molar-refractivity contribution < 1.29 is 0 Å². The maximum absolute atomic E-state index is 4.35. The van der Waals surface area contributed by atoms with Gasteiger partial charge < -0.3 is 4.90 Å². The van der Waals surface area contributed by atoms with Gasteiger partial charge >= 0.3 is 0 Å². The van der Waals surface area contributed by atoms with Gasteiger partial charge in [0.1, 0.15) is 0 Å². The molecular weight excluding hydrogens is 569 g/mol. The molecule has 6 aromatic carbocycles. The van der Waals surface area contributed by atoms with Gasteiger partial charge in [0.15, 0.2) is 0 Å². The Morgan fingerprint density at radius 2 is 1.15 bits per heavy atom. The molecule has 1 unspecified atom stereocenters. The number of rotatable bonds is 7. The average molecular weight is 607 g/mol. The van der Waals surface area contributed by atoms with Gasteiger partial charge in [-0.2, -0.15) is 0 Å². The van der Waals surface area contributed by atoms with Crippen LogP contribution >= 0.6 is 0 Å². The van der Waals surface area contributed by atoms with Crippen molar-refractivity contribution in [3.05, 3.63) is 174 Å². The van der Waals surface area contributed by atoms with Crippen molar-refractivity contribution in [2.75, 3.05) is 4.90 Å². The molecule has 0 aliphatic heterocycles. The number of para-hydroxylation sites is 1. The predicted octanol–water partition coefficient (Wildman–Crippen LogP) is 10.4. The molecule has 0 amide bonds. The zero-order chi connectivity index (χ0) is 32.0. The molecule has 1 aliphatic carbocycles.